The quantitative estimate of drug-likeness (QED) is 0.721. The normalized spacial score (nSPS) is 11.8. The predicted molar refractivity (Wildman–Crippen MR) is 68.7 cm³/mol. The molecular formula is C11H15ClN2O4. The van der Waals surface area contributed by atoms with E-state index in [0.717, 1.165) is 0 Å². The van der Waals surface area contributed by atoms with E-state index in [-0.39, 0.29) is 6.54 Å². The lowest BCUT2D eigenvalue weighted by molar-refractivity contribution is -0.138. The minimum Gasteiger partial charge on any atom is -0.495 e. The Morgan fingerprint density at radius 2 is 2.06 bits per heavy atom. The van der Waals surface area contributed by atoms with Gasteiger partial charge >= 0.3 is 5.97 Å². The van der Waals surface area contributed by atoms with Crippen molar-refractivity contribution >= 4 is 23.3 Å². The Bertz CT molecular complexity index is 439. The summed E-state index contributed by atoms with van der Waals surface area (Å²) < 4.78 is 10.2. The number of nitrogens with one attached hydrogen (secondary N) is 1. The fraction of sp³-hybridized carbons (Fsp3) is 0.364. The molecule has 1 rings (SSSR count). The van der Waals surface area contributed by atoms with Gasteiger partial charge in [0.15, 0.2) is 0 Å². The van der Waals surface area contributed by atoms with E-state index in [9.17, 15) is 4.79 Å². The molecule has 1 unspecified atom stereocenters. The lowest BCUT2D eigenvalue weighted by Crippen LogP contribution is -2.37. The highest BCUT2D eigenvalue weighted by molar-refractivity contribution is 6.32. The summed E-state index contributed by atoms with van der Waals surface area (Å²) in [4.78, 5) is 10.6. The molecule has 0 bridgehead atoms. The van der Waals surface area contributed by atoms with Crippen LogP contribution in [-0.4, -0.2) is 37.9 Å². The van der Waals surface area contributed by atoms with E-state index in [1.807, 2.05) is 0 Å². The van der Waals surface area contributed by atoms with Crippen molar-refractivity contribution in [1.82, 2.24) is 0 Å². The zero-order valence-corrected chi connectivity index (χ0v) is 10.8. The summed E-state index contributed by atoms with van der Waals surface area (Å²) in [7, 11) is 2.97. The Labute approximate surface area is 110 Å². The predicted octanol–water partition coefficient (Wildman–Crippen LogP) is 1.18. The summed E-state index contributed by atoms with van der Waals surface area (Å²) in [6.45, 7) is 0.0660. The van der Waals surface area contributed by atoms with Crippen molar-refractivity contribution < 1.29 is 19.4 Å². The number of methoxy groups -OCH3 is 2. The average Bonchev–Trinajstić information content (AvgIpc) is 2.36. The summed E-state index contributed by atoms with van der Waals surface area (Å²) in [6, 6.07) is 2.20. The van der Waals surface area contributed by atoms with Crippen LogP contribution in [0.1, 0.15) is 0 Å². The highest BCUT2D eigenvalue weighted by Crippen LogP contribution is 2.35. The largest absolute Gasteiger partial charge is 0.495 e. The molecule has 18 heavy (non-hydrogen) atoms. The van der Waals surface area contributed by atoms with Crippen molar-refractivity contribution in [3.8, 4) is 11.5 Å². The van der Waals surface area contributed by atoms with Gasteiger partial charge in [-0.05, 0) is 0 Å². The molecule has 0 amide bonds. The molecule has 1 atom stereocenters. The number of carbonyl (C=O) groups is 1. The maximum absolute atomic E-state index is 10.6. The number of carboxylic acid groups (broad SMARTS) is 1. The molecule has 0 spiro atoms. The van der Waals surface area contributed by atoms with E-state index < -0.39 is 12.0 Å². The topological polar surface area (TPSA) is 93.8 Å². The summed E-state index contributed by atoms with van der Waals surface area (Å²) in [5, 5.41) is 12.0. The molecule has 0 fully saturated rings. The third-order valence-corrected chi connectivity index (χ3v) is 2.60. The van der Waals surface area contributed by atoms with Crippen LogP contribution in [0.25, 0.3) is 0 Å². The van der Waals surface area contributed by atoms with Crippen LogP contribution in [-0.2, 0) is 4.79 Å². The van der Waals surface area contributed by atoms with Gasteiger partial charge in [-0.15, -0.1) is 0 Å². The fourth-order valence-corrected chi connectivity index (χ4v) is 1.54. The SMILES string of the molecule is COc1cc(NCC(N)C(=O)O)c(OC)cc1Cl. The molecule has 0 saturated carbocycles. The highest BCUT2D eigenvalue weighted by Gasteiger charge is 2.14. The van der Waals surface area contributed by atoms with Crippen LogP contribution < -0.4 is 20.5 Å². The third kappa shape index (κ3) is 3.41. The van der Waals surface area contributed by atoms with Crippen molar-refractivity contribution in [3.05, 3.63) is 17.2 Å². The number of halogens is 1. The van der Waals surface area contributed by atoms with Gasteiger partial charge < -0.3 is 25.6 Å². The third-order valence-electron chi connectivity index (χ3n) is 2.30. The van der Waals surface area contributed by atoms with Crippen LogP contribution in [0.2, 0.25) is 5.02 Å². The second-order valence-electron chi connectivity index (χ2n) is 3.51. The molecular weight excluding hydrogens is 260 g/mol. The number of rotatable bonds is 6. The van der Waals surface area contributed by atoms with Crippen LogP contribution in [0.4, 0.5) is 5.69 Å². The van der Waals surface area contributed by atoms with Gasteiger partial charge in [0.25, 0.3) is 0 Å². The van der Waals surface area contributed by atoms with Crippen LogP contribution in [0, 0.1) is 0 Å². The van der Waals surface area contributed by atoms with Gasteiger partial charge in [0.1, 0.15) is 17.5 Å². The minimum absolute atomic E-state index is 0.0660. The molecule has 0 radical (unpaired) electrons. The van der Waals surface area contributed by atoms with E-state index in [1.165, 1.54) is 14.2 Å². The Kier molecular flexibility index (Phi) is 5.06. The van der Waals surface area contributed by atoms with Crippen LogP contribution >= 0.6 is 11.6 Å². The molecule has 6 nitrogen and oxygen atoms in total. The van der Waals surface area contributed by atoms with Crippen molar-refractivity contribution in [2.75, 3.05) is 26.1 Å². The van der Waals surface area contributed by atoms with E-state index in [4.69, 9.17) is 31.9 Å². The molecule has 4 N–H and O–H groups in total. The molecule has 7 heteroatoms. The van der Waals surface area contributed by atoms with Crippen LogP contribution in [0.5, 0.6) is 11.5 Å². The number of benzene rings is 1. The first-order chi connectivity index (χ1) is 8.49. The zero-order valence-electron chi connectivity index (χ0n) is 10.1. The lowest BCUT2D eigenvalue weighted by atomic mass is 10.2. The molecule has 1 aromatic carbocycles. The second-order valence-corrected chi connectivity index (χ2v) is 3.92. The van der Waals surface area contributed by atoms with Gasteiger partial charge in [-0.3, -0.25) is 4.79 Å². The fourth-order valence-electron chi connectivity index (χ4n) is 1.31. The van der Waals surface area contributed by atoms with E-state index >= 15 is 0 Å². The standard InChI is InChI=1S/C11H15ClN2O4/c1-17-9-4-8(10(18-2)3-6(9)12)14-5-7(13)11(15)16/h3-4,7,14H,5,13H2,1-2H3,(H,15,16). The monoisotopic (exact) mass is 274 g/mol. The summed E-state index contributed by atoms with van der Waals surface area (Å²) >= 11 is 5.94. The number of aliphatic carboxylic acids is 1. The van der Waals surface area contributed by atoms with Crippen molar-refractivity contribution in [3.63, 3.8) is 0 Å². The Morgan fingerprint density at radius 3 is 2.56 bits per heavy atom. The van der Waals surface area contributed by atoms with E-state index in [0.29, 0.717) is 22.2 Å². The van der Waals surface area contributed by atoms with Gasteiger partial charge in [0.05, 0.1) is 24.9 Å². The van der Waals surface area contributed by atoms with Gasteiger partial charge in [-0.2, -0.15) is 0 Å². The first-order valence-corrected chi connectivity index (χ1v) is 5.51. The van der Waals surface area contributed by atoms with E-state index in [1.54, 1.807) is 12.1 Å². The molecule has 0 aliphatic rings. The zero-order chi connectivity index (χ0) is 13.7. The smallest absolute Gasteiger partial charge is 0.322 e. The molecule has 0 saturated heterocycles. The van der Waals surface area contributed by atoms with Crippen molar-refractivity contribution in [2.45, 2.75) is 6.04 Å². The van der Waals surface area contributed by atoms with Crippen LogP contribution in [0.15, 0.2) is 12.1 Å². The van der Waals surface area contributed by atoms with Gasteiger partial charge in [0.2, 0.25) is 0 Å². The average molecular weight is 275 g/mol. The van der Waals surface area contributed by atoms with Crippen molar-refractivity contribution in [2.24, 2.45) is 5.73 Å². The molecule has 0 aliphatic heterocycles. The van der Waals surface area contributed by atoms with Crippen LogP contribution in [0.3, 0.4) is 0 Å². The molecule has 0 aliphatic carbocycles. The maximum Gasteiger partial charge on any atom is 0.322 e. The Morgan fingerprint density at radius 1 is 1.44 bits per heavy atom. The number of nitrogens with two attached hydrogens (primary N) is 1. The van der Waals surface area contributed by atoms with E-state index in [2.05, 4.69) is 5.32 Å². The minimum atomic E-state index is -1.08. The number of hydrogen-bond acceptors (Lipinski definition) is 5. The maximum atomic E-state index is 10.6. The highest BCUT2D eigenvalue weighted by atomic mass is 35.5. The summed E-state index contributed by atoms with van der Waals surface area (Å²) in [5.41, 5.74) is 5.96. The molecule has 0 heterocycles. The number of hydrogen-bond donors (Lipinski definition) is 3. The van der Waals surface area contributed by atoms with Gasteiger partial charge in [0, 0.05) is 18.7 Å². The first-order valence-electron chi connectivity index (χ1n) is 5.13. The molecule has 100 valence electrons. The summed E-state index contributed by atoms with van der Waals surface area (Å²) in [5.74, 6) is -0.135. The Hall–Kier alpha value is -1.66. The van der Waals surface area contributed by atoms with Gasteiger partial charge in [-0.25, -0.2) is 0 Å². The number of anilines is 1. The first kappa shape index (κ1) is 14.4. The second kappa shape index (κ2) is 6.32. The van der Waals surface area contributed by atoms with Gasteiger partial charge in [-0.1, -0.05) is 11.6 Å². The number of carboxylic acids is 1. The lowest BCUT2D eigenvalue weighted by Gasteiger charge is -2.15. The summed E-state index contributed by atoms with van der Waals surface area (Å²) in [6.07, 6.45) is 0. The van der Waals surface area contributed by atoms with Crippen molar-refractivity contribution in [1.29, 1.82) is 0 Å². The Balaban J connectivity index is 2.89. The molecule has 1 aromatic rings. The molecule has 0 aromatic heterocycles. The number of ether oxygens (including phenoxy) is 2.